The van der Waals surface area contributed by atoms with Crippen LogP contribution in [-0.4, -0.2) is 21.3 Å². The molecule has 0 spiro atoms. The summed E-state index contributed by atoms with van der Waals surface area (Å²) in [6.45, 7) is 2.00. The SMILES string of the molecule is Cc1cnc(SC2CCCC2N)nc1. The second kappa shape index (κ2) is 4.28. The first kappa shape index (κ1) is 9.93. The number of nitrogens with zero attached hydrogens (tertiary/aromatic N) is 2. The Kier molecular flexibility index (Phi) is 3.03. The molecule has 1 aliphatic carbocycles. The van der Waals surface area contributed by atoms with Crippen molar-refractivity contribution in [1.82, 2.24) is 9.97 Å². The summed E-state index contributed by atoms with van der Waals surface area (Å²) < 4.78 is 0. The van der Waals surface area contributed by atoms with E-state index >= 15 is 0 Å². The van der Waals surface area contributed by atoms with Crippen molar-refractivity contribution in [2.24, 2.45) is 5.73 Å². The van der Waals surface area contributed by atoms with Crippen LogP contribution < -0.4 is 5.73 Å². The molecular weight excluding hydrogens is 194 g/mol. The molecule has 1 heterocycles. The summed E-state index contributed by atoms with van der Waals surface area (Å²) in [6.07, 6.45) is 7.29. The molecule has 4 heteroatoms. The molecule has 14 heavy (non-hydrogen) atoms. The molecular formula is C10H15N3S. The van der Waals surface area contributed by atoms with Crippen molar-refractivity contribution in [3.05, 3.63) is 18.0 Å². The van der Waals surface area contributed by atoms with Crippen molar-refractivity contribution in [2.75, 3.05) is 0 Å². The normalized spacial score (nSPS) is 26.7. The van der Waals surface area contributed by atoms with Crippen LogP contribution in [0.2, 0.25) is 0 Å². The molecule has 1 saturated carbocycles. The lowest BCUT2D eigenvalue weighted by molar-refractivity contribution is 0.713. The summed E-state index contributed by atoms with van der Waals surface area (Å²) in [7, 11) is 0. The largest absolute Gasteiger partial charge is 0.327 e. The maximum Gasteiger partial charge on any atom is 0.187 e. The van der Waals surface area contributed by atoms with Gasteiger partial charge < -0.3 is 5.73 Å². The molecule has 0 saturated heterocycles. The van der Waals surface area contributed by atoms with Crippen LogP contribution in [0.15, 0.2) is 17.6 Å². The zero-order valence-electron chi connectivity index (χ0n) is 8.31. The zero-order chi connectivity index (χ0) is 9.97. The minimum atomic E-state index is 0.324. The molecule has 1 fully saturated rings. The van der Waals surface area contributed by atoms with Crippen molar-refractivity contribution < 1.29 is 0 Å². The summed E-state index contributed by atoms with van der Waals surface area (Å²) in [5, 5.41) is 1.37. The van der Waals surface area contributed by atoms with Gasteiger partial charge >= 0.3 is 0 Å². The number of hydrogen-bond donors (Lipinski definition) is 1. The number of thioether (sulfide) groups is 1. The molecule has 3 nitrogen and oxygen atoms in total. The first-order valence-electron chi connectivity index (χ1n) is 4.96. The van der Waals surface area contributed by atoms with Gasteiger partial charge in [0.1, 0.15) is 0 Å². The Labute approximate surface area is 88.5 Å². The minimum absolute atomic E-state index is 0.324. The Morgan fingerprint density at radius 3 is 2.64 bits per heavy atom. The van der Waals surface area contributed by atoms with Crippen LogP contribution in [0, 0.1) is 6.92 Å². The van der Waals surface area contributed by atoms with Crippen LogP contribution in [0.4, 0.5) is 0 Å². The van der Waals surface area contributed by atoms with Crippen molar-refractivity contribution in [2.45, 2.75) is 42.6 Å². The van der Waals surface area contributed by atoms with E-state index in [1.54, 1.807) is 11.8 Å². The molecule has 0 aromatic carbocycles. The van der Waals surface area contributed by atoms with Gasteiger partial charge in [-0.05, 0) is 25.3 Å². The molecule has 0 aliphatic heterocycles. The Morgan fingerprint density at radius 1 is 1.36 bits per heavy atom. The maximum absolute atomic E-state index is 5.98. The summed E-state index contributed by atoms with van der Waals surface area (Å²) in [5.41, 5.74) is 7.08. The highest BCUT2D eigenvalue weighted by atomic mass is 32.2. The predicted octanol–water partition coefficient (Wildman–Crippen LogP) is 1.76. The number of aromatic nitrogens is 2. The van der Waals surface area contributed by atoms with Gasteiger partial charge in [0.15, 0.2) is 5.16 Å². The van der Waals surface area contributed by atoms with Crippen LogP contribution in [-0.2, 0) is 0 Å². The van der Waals surface area contributed by atoms with Gasteiger partial charge in [0.2, 0.25) is 0 Å². The summed E-state index contributed by atoms with van der Waals surface area (Å²) in [4.78, 5) is 8.54. The minimum Gasteiger partial charge on any atom is -0.327 e. The highest BCUT2D eigenvalue weighted by Crippen LogP contribution is 2.31. The van der Waals surface area contributed by atoms with Crippen LogP contribution in [0.25, 0.3) is 0 Å². The lowest BCUT2D eigenvalue weighted by atomic mass is 10.3. The smallest absolute Gasteiger partial charge is 0.187 e. The van der Waals surface area contributed by atoms with Crippen molar-refractivity contribution >= 4 is 11.8 Å². The van der Waals surface area contributed by atoms with Crippen LogP contribution in [0.5, 0.6) is 0 Å². The average molecular weight is 209 g/mol. The monoisotopic (exact) mass is 209 g/mol. The van der Waals surface area contributed by atoms with E-state index in [1.807, 2.05) is 19.3 Å². The number of rotatable bonds is 2. The second-order valence-corrected chi connectivity index (χ2v) is 5.00. The standard InChI is InChI=1S/C10H15N3S/c1-7-5-12-10(13-6-7)14-9-4-2-3-8(9)11/h5-6,8-9H,2-4,11H2,1H3. The molecule has 76 valence electrons. The maximum atomic E-state index is 5.98. The van der Waals surface area contributed by atoms with Gasteiger partial charge in [0.25, 0.3) is 0 Å². The Morgan fingerprint density at radius 2 is 2.07 bits per heavy atom. The molecule has 0 bridgehead atoms. The van der Waals surface area contributed by atoms with Gasteiger partial charge in [-0.2, -0.15) is 0 Å². The third kappa shape index (κ3) is 2.25. The van der Waals surface area contributed by atoms with E-state index in [4.69, 9.17) is 5.73 Å². The quantitative estimate of drug-likeness (QED) is 0.754. The predicted molar refractivity (Wildman–Crippen MR) is 58.2 cm³/mol. The summed E-state index contributed by atoms with van der Waals surface area (Å²) in [5.74, 6) is 0. The highest BCUT2D eigenvalue weighted by molar-refractivity contribution is 7.99. The Hall–Kier alpha value is -0.610. The first-order valence-corrected chi connectivity index (χ1v) is 5.84. The fraction of sp³-hybridized carbons (Fsp3) is 0.600. The fourth-order valence-electron chi connectivity index (χ4n) is 1.68. The molecule has 2 unspecified atom stereocenters. The van der Waals surface area contributed by atoms with Gasteiger partial charge in [-0.15, -0.1) is 0 Å². The van der Waals surface area contributed by atoms with E-state index < -0.39 is 0 Å². The average Bonchev–Trinajstić information content (AvgIpc) is 2.56. The molecule has 1 aliphatic rings. The molecule has 1 aromatic heterocycles. The molecule has 2 rings (SSSR count). The number of hydrogen-bond acceptors (Lipinski definition) is 4. The second-order valence-electron chi connectivity index (χ2n) is 3.79. The van der Waals surface area contributed by atoms with Crippen LogP contribution in [0.1, 0.15) is 24.8 Å². The van der Waals surface area contributed by atoms with E-state index in [0.29, 0.717) is 11.3 Å². The van der Waals surface area contributed by atoms with Gasteiger partial charge in [-0.1, -0.05) is 18.2 Å². The summed E-state index contributed by atoms with van der Waals surface area (Å²) >= 11 is 1.72. The van der Waals surface area contributed by atoms with E-state index in [0.717, 1.165) is 17.1 Å². The Bertz CT molecular complexity index is 299. The van der Waals surface area contributed by atoms with Crippen LogP contribution in [0.3, 0.4) is 0 Å². The molecule has 0 radical (unpaired) electrons. The third-order valence-electron chi connectivity index (χ3n) is 2.52. The van der Waals surface area contributed by atoms with Crippen molar-refractivity contribution in [3.63, 3.8) is 0 Å². The topological polar surface area (TPSA) is 51.8 Å². The number of aryl methyl sites for hydroxylation is 1. The first-order chi connectivity index (χ1) is 6.75. The highest BCUT2D eigenvalue weighted by Gasteiger charge is 2.25. The lowest BCUT2D eigenvalue weighted by Crippen LogP contribution is -2.26. The van der Waals surface area contributed by atoms with Gasteiger partial charge in [0.05, 0.1) is 0 Å². The molecule has 1 aromatic rings. The van der Waals surface area contributed by atoms with Gasteiger partial charge in [0, 0.05) is 23.7 Å². The Balaban J connectivity index is 2.00. The number of nitrogens with two attached hydrogens (primary N) is 1. The van der Waals surface area contributed by atoms with Crippen LogP contribution >= 0.6 is 11.8 Å². The lowest BCUT2D eigenvalue weighted by Gasteiger charge is -2.12. The third-order valence-corrected chi connectivity index (χ3v) is 3.83. The molecule has 2 N–H and O–H groups in total. The van der Waals surface area contributed by atoms with Crippen molar-refractivity contribution in [3.8, 4) is 0 Å². The van der Waals surface area contributed by atoms with E-state index in [2.05, 4.69) is 9.97 Å². The van der Waals surface area contributed by atoms with Crippen molar-refractivity contribution in [1.29, 1.82) is 0 Å². The van der Waals surface area contributed by atoms with Gasteiger partial charge in [-0.25, -0.2) is 9.97 Å². The molecule has 2 atom stereocenters. The van der Waals surface area contributed by atoms with E-state index in [9.17, 15) is 0 Å². The van der Waals surface area contributed by atoms with E-state index in [1.165, 1.54) is 12.8 Å². The fourth-order valence-corrected chi connectivity index (χ4v) is 2.77. The summed E-state index contributed by atoms with van der Waals surface area (Å²) in [6, 6.07) is 0.324. The zero-order valence-corrected chi connectivity index (χ0v) is 9.13. The molecule has 0 amide bonds. The van der Waals surface area contributed by atoms with Gasteiger partial charge in [-0.3, -0.25) is 0 Å². The van der Waals surface area contributed by atoms with E-state index in [-0.39, 0.29) is 0 Å².